The molecule has 0 aliphatic rings. The van der Waals surface area contributed by atoms with Gasteiger partial charge in [0.25, 0.3) is 5.91 Å². The molecular weight excluding hydrogens is 424 g/mol. The third-order valence-electron chi connectivity index (χ3n) is 4.63. The molecule has 0 aliphatic heterocycles. The summed E-state index contributed by atoms with van der Waals surface area (Å²) in [5.41, 5.74) is 1.86. The van der Waals surface area contributed by atoms with Gasteiger partial charge in [-0.3, -0.25) is 9.48 Å². The lowest BCUT2D eigenvalue weighted by Gasteiger charge is -2.19. The van der Waals surface area contributed by atoms with Crippen LogP contribution in [0.15, 0.2) is 65.8 Å². The van der Waals surface area contributed by atoms with Crippen LogP contribution in [0, 0.1) is 0 Å². The molecule has 3 rings (SSSR count). The van der Waals surface area contributed by atoms with E-state index in [1.54, 1.807) is 36.9 Å². The van der Waals surface area contributed by atoms with Crippen LogP contribution in [0.4, 0.5) is 5.69 Å². The first-order chi connectivity index (χ1) is 14.3. The Kier molecular flexibility index (Phi) is 6.91. The fraction of sp³-hybridized carbons (Fsp3) is 0.238. The van der Waals surface area contributed by atoms with Crippen LogP contribution in [0.5, 0.6) is 0 Å². The van der Waals surface area contributed by atoms with Gasteiger partial charge in [-0.05, 0) is 42.0 Å². The molecule has 0 radical (unpaired) electrons. The summed E-state index contributed by atoms with van der Waals surface area (Å²) < 4.78 is 28.7. The number of nitrogens with one attached hydrogen (secondary N) is 1. The van der Waals surface area contributed by atoms with E-state index in [2.05, 4.69) is 10.4 Å². The van der Waals surface area contributed by atoms with Crippen LogP contribution in [-0.2, 0) is 16.6 Å². The molecule has 0 aliphatic carbocycles. The van der Waals surface area contributed by atoms with Crippen molar-refractivity contribution in [3.8, 4) is 0 Å². The summed E-state index contributed by atoms with van der Waals surface area (Å²) in [6, 6.07) is 13.5. The van der Waals surface area contributed by atoms with Gasteiger partial charge in [0.1, 0.15) is 4.90 Å². The maximum absolute atomic E-state index is 12.8. The Balaban J connectivity index is 1.77. The Bertz CT molecular complexity index is 1110. The Morgan fingerprint density at radius 3 is 2.43 bits per heavy atom. The second-order valence-electron chi connectivity index (χ2n) is 6.59. The van der Waals surface area contributed by atoms with Crippen molar-refractivity contribution in [3.63, 3.8) is 0 Å². The smallest absolute Gasteiger partial charge is 0.255 e. The molecule has 1 amide bonds. The standard InChI is InChI=1S/C21H23ClN4O3S/c1-3-26(4-2)30(28,29)20-14-17(8-11-19(20)22)21(27)24-18-9-6-16(7-10-18)15-25-13-5-12-23-25/h5-14H,3-4,15H2,1-2H3,(H,24,27). The molecule has 158 valence electrons. The van der Waals surface area contributed by atoms with Gasteiger partial charge in [-0.15, -0.1) is 0 Å². The van der Waals surface area contributed by atoms with Gasteiger partial charge in [0.05, 0.1) is 11.6 Å². The second kappa shape index (κ2) is 9.42. The lowest BCUT2D eigenvalue weighted by Crippen LogP contribution is -2.31. The third kappa shape index (κ3) is 4.89. The Labute approximate surface area is 181 Å². The third-order valence-corrected chi connectivity index (χ3v) is 7.16. The minimum atomic E-state index is -3.78. The molecule has 1 aromatic heterocycles. The molecule has 0 atom stereocenters. The first-order valence-electron chi connectivity index (χ1n) is 9.52. The van der Waals surface area contributed by atoms with Gasteiger partial charge in [0, 0.05) is 36.7 Å². The number of carbonyl (C=O) groups is 1. The van der Waals surface area contributed by atoms with Crippen molar-refractivity contribution < 1.29 is 13.2 Å². The van der Waals surface area contributed by atoms with Gasteiger partial charge in [0.15, 0.2) is 0 Å². The number of halogens is 1. The summed E-state index contributed by atoms with van der Waals surface area (Å²) in [6.45, 7) is 4.76. The van der Waals surface area contributed by atoms with Crippen molar-refractivity contribution in [2.24, 2.45) is 0 Å². The molecule has 0 fully saturated rings. The maximum atomic E-state index is 12.8. The zero-order valence-electron chi connectivity index (χ0n) is 16.7. The lowest BCUT2D eigenvalue weighted by atomic mass is 10.2. The van der Waals surface area contributed by atoms with Crippen LogP contribution in [0.25, 0.3) is 0 Å². The fourth-order valence-corrected chi connectivity index (χ4v) is 4.98. The number of aromatic nitrogens is 2. The summed E-state index contributed by atoms with van der Waals surface area (Å²) in [5.74, 6) is -0.414. The van der Waals surface area contributed by atoms with E-state index in [1.807, 2.05) is 24.4 Å². The molecule has 0 bridgehead atoms. The van der Waals surface area contributed by atoms with Crippen molar-refractivity contribution in [1.29, 1.82) is 0 Å². The Hall–Kier alpha value is -2.68. The number of anilines is 1. The zero-order valence-corrected chi connectivity index (χ0v) is 18.3. The van der Waals surface area contributed by atoms with E-state index in [1.165, 1.54) is 22.5 Å². The predicted molar refractivity (Wildman–Crippen MR) is 117 cm³/mol. The topological polar surface area (TPSA) is 84.3 Å². The van der Waals surface area contributed by atoms with Gasteiger partial charge in [-0.1, -0.05) is 37.6 Å². The average Bonchev–Trinajstić information content (AvgIpc) is 3.23. The summed E-state index contributed by atoms with van der Waals surface area (Å²) in [5, 5.41) is 7.04. The van der Waals surface area contributed by atoms with Crippen LogP contribution >= 0.6 is 11.6 Å². The first kappa shape index (κ1) is 22.0. The van der Waals surface area contributed by atoms with E-state index in [0.717, 1.165) is 5.56 Å². The monoisotopic (exact) mass is 446 g/mol. The average molecular weight is 447 g/mol. The summed E-state index contributed by atoms with van der Waals surface area (Å²) in [6.07, 6.45) is 3.59. The Morgan fingerprint density at radius 1 is 1.13 bits per heavy atom. The van der Waals surface area contributed by atoms with E-state index in [-0.39, 0.29) is 15.5 Å². The Morgan fingerprint density at radius 2 is 1.83 bits per heavy atom. The number of rotatable bonds is 8. The molecule has 0 saturated heterocycles. The van der Waals surface area contributed by atoms with Crippen LogP contribution < -0.4 is 5.32 Å². The number of nitrogens with zero attached hydrogens (tertiary/aromatic N) is 3. The lowest BCUT2D eigenvalue weighted by molar-refractivity contribution is 0.102. The molecule has 30 heavy (non-hydrogen) atoms. The number of benzene rings is 2. The predicted octanol–water partition coefficient (Wildman–Crippen LogP) is 3.87. The number of hydrogen-bond donors (Lipinski definition) is 1. The minimum Gasteiger partial charge on any atom is -0.322 e. The van der Waals surface area contributed by atoms with Gasteiger partial charge < -0.3 is 5.32 Å². The number of amides is 1. The summed E-state index contributed by atoms with van der Waals surface area (Å²) in [4.78, 5) is 12.6. The van der Waals surface area contributed by atoms with Crippen molar-refractivity contribution in [1.82, 2.24) is 14.1 Å². The quantitative estimate of drug-likeness (QED) is 0.569. The van der Waals surface area contributed by atoms with E-state index in [4.69, 9.17) is 11.6 Å². The van der Waals surface area contributed by atoms with E-state index >= 15 is 0 Å². The molecule has 0 spiro atoms. The van der Waals surface area contributed by atoms with Gasteiger partial charge >= 0.3 is 0 Å². The molecule has 2 aromatic carbocycles. The molecule has 1 heterocycles. The highest BCUT2D eigenvalue weighted by molar-refractivity contribution is 7.89. The zero-order chi connectivity index (χ0) is 21.7. The summed E-state index contributed by atoms with van der Waals surface area (Å²) in [7, 11) is -3.78. The van der Waals surface area contributed by atoms with Crippen molar-refractivity contribution in [2.45, 2.75) is 25.3 Å². The van der Waals surface area contributed by atoms with E-state index in [9.17, 15) is 13.2 Å². The van der Waals surface area contributed by atoms with Gasteiger partial charge in [-0.25, -0.2) is 8.42 Å². The van der Waals surface area contributed by atoms with Crippen LogP contribution in [-0.4, -0.2) is 41.5 Å². The van der Waals surface area contributed by atoms with Gasteiger partial charge in [-0.2, -0.15) is 9.40 Å². The van der Waals surface area contributed by atoms with Crippen molar-refractivity contribution >= 4 is 33.2 Å². The minimum absolute atomic E-state index is 0.0740. The highest BCUT2D eigenvalue weighted by Gasteiger charge is 2.25. The highest BCUT2D eigenvalue weighted by Crippen LogP contribution is 2.26. The van der Waals surface area contributed by atoms with Crippen molar-refractivity contribution in [3.05, 3.63) is 77.1 Å². The molecule has 7 nitrogen and oxygen atoms in total. The molecule has 0 unspecified atom stereocenters. The number of carbonyl (C=O) groups excluding carboxylic acids is 1. The van der Waals surface area contributed by atoms with Crippen LogP contribution in [0.1, 0.15) is 29.8 Å². The second-order valence-corrected chi connectivity index (χ2v) is 8.90. The molecule has 1 N–H and O–H groups in total. The fourth-order valence-electron chi connectivity index (χ4n) is 3.02. The molecule has 3 aromatic rings. The van der Waals surface area contributed by atoms with Crippen molar-refractivity contribution in [2.75, 3.05) is 18.4 Å². The normalized spacial score (nSPS) is 11.6. The molecule has 9 heteroatoms. The number of sulfonamides is 1. The maximum Gasteiger partial charge on any atom is 0.255 e. The van der Waals surface area contributed by atoms with E-state index < -0.39 is 15.9 Å². The summed E-state index contributed by atoms with van der Waals surface area (Å²) >= 11 is 6.13. The molecular formula is C21H23ClN4O3S. The molecule has 0 saturated carbocycles. The SMILES string of the molecule is CCN(CC)S(=O)(=O)c1cc(C(=O)Nc2ccc(Cn3cccn3)cc2)ccc1Cl. The number of hydrogen-bond acceptors (Lipinski definition) is 4. The van der Waals surface area contributed by atoms with Gasteiger partial charge in [0.2, 0.25) is 10.0 Å². The van der Waals surface area contributed by atoms with E-state index in [0.29, 0.717) is 25.3 Å². The van der Waals surface area contributed by atoms with Crippen LogP contribution in [0.3, 0.4) is 0 Å². The van der Waals surface area contributed by atoms with Crippen LogP contribution in [0.2, 0.25) is 5.02 Å². The highest BCUT2D eigenvalue weighted by atomic mass is 35.5. The first-order valence-corrected chi connectivity index (χ1v) is 11.3. The largest absolute Gasteiger partial charge is 0.322 e.